The van der Waals surface area contributed by atoms with Crippen LogP contribution < -0.4 is 4.74 Å². The van der Waals surface area contributed by atoms with Crippen molar-refractivity contribution in [3.63, 3.8) is 0 Å². The largest absolute Gasteiger partial charge is 0.478 e. The number of pyridine rings is 1. The van der Waals surface area contributed by atoms with Crippen LogP contribution in [0.1, 0.15) is 28.5 Å². The molecule has 0 aliphatic carbocycles. The quantitative estimate of drug-likeness (QED) is 0.915. The smallest absolute Gasteiger partial charge is 0.335 e. The van der Waals surface area contributed by atoms with Crippen LogP contribution in [0.15, 0.2) is 36.4 Å². The third-order valence-corrected chi connectivity index (χ3v) is 3.17. The summed E-state index contributed by atoms with van der Waals surface area (Å²) in [5.74, 6) is -0.702. The molecule has 1 heterocycles. The van der Waals surface area contributed by atoms with Gasteiger partial charge in [0.15, 0.2) is 0 Å². The molecule has 0 amide bonds. The fraction of sp³-hybridized carbons (Fsp3) is 0.200. The molecule has 0 atom stereocenters. The molecule has 0 saturated heterocycles. The number of carboxylic acid groups (broad SMARTS) is 1. The topological polar surface area (TPSA) is 59.4 Å². The highest BCUT2D eigenvalue weighted by Gasteiger charge is 2.09. The lowest BCUT2D eigenvalue weighted by Gasteiger charge is -2.09. The molecule has 5 heteroatoms. The molecule has 1 N–H and O–H groups in total. The Morgan fingerprint density at radius 1 is 1.35 bits per heavy atom. The Morgan fingerprint density at radius 3 is 2.75 bits per heavy atom. The van der Waals surface area contributed by atoms with Gasteiger partial charge >= 0.3 is 5.97 Å². The van der Waals surface area contributed by atoms with E-state index in [1.807, 2.05) is 25.1 Å². The van der Waals surface area contributed by atoms with Gasteiger partial charge in [-0.15, -0.1) is 0 Å². The third kappa shape index (κ3) is 3.48. The molecule has 4 nitrogen and oxygen atoms in total. The van der Waals surface area contributed by atoms with Gasteiger partial charge in [-0.05, 0) is 18.6 Å². The van der Waals surface area contributed by atoms with Crippen molar-refractivity contribution in [1.82, 2.24) is 4.98 Å². The highest BCUT2D eigenvalue weighted by molar-refractivity contribution is 6.31. The predicted octanol–water partition coefficient (Wildman–Crippen LogP) is 3.57. The second-order valence-corrected chi connectivity index (χ2v) is 4.63. The van der Waals surface area contributed by atoms with Gasteiger partial charge in [0.05, 0.1) is 5.56 Å². The first-order chi connectivity index (χ1) is 9.60. The maximum Gasteiger partial charge on any atom is 0.335 e. The Hall–Kier alpha value is -2.07. The van der Waals surface area contributed by atoms with Crippen LogP contribution in [-0.2, 0) is 13.0 Å². The second kappa shape index (κ2) is 6.39. The van der Waals surface area contributed by atoms with Gasteiger partial charge in [-0.3, -0.25) is 0 Å². The van der Waals surface area contributed by atoms with E-state index in [1.165, 1.54) is 6.07 Å². The van der Waals surface area contributed by atoms with Gasteiger partial charge in [0.1, 0.15) is 6.61 Å². The number of carbonyl (C=O) groups is 1. The van der Waals surface area contributed by atoms with Crippen LogP contribution in [0.4, 0.5) is 0 Å². The lowest BCUT2D eigenvalue weighted by atomic mass is 10.2. The Morgan fingerprint density at radius 2 is 2.10 bits per heavy atom. The van der Waals surface area contributed by atoms with Crippen molar-refractivity contribution >= 4 is 17.6 Å². The number of ether oxygens (including phenoxy) is 1. The number of nitrogens with zero attached hydrogens (tertiary/aromatic N) is 1. The number of benzene rings is 1. The molecule has 0 unspecified atom stereocenters. The Bertz CT molecular complexity index is 628. The number of carboxylic acids is 1. The molecule has 0 fully saturated rings. The zero-order valence-corrected chi connectivity index (χ0v) is 11.7. The summed E-state index contributed by atoms with van der Waals surface area (Å²) in [5, 5.41) is 9.66. The summed E-state index contributed by atoms with van der Waals surface area (Å²) in [4.78, 5) is 15.3. The van der Waals surface area contributed by atoms with Gasteiger partial charge in [-0.2, -0.15) is 0 Å². The fourth-order valence-corrected chi connectivity index (χ4v) is 1.90. The third-order valence-electron chi connectivity index (χ3n) is 2.80. The molecular formula is C15H14ClNO3. The van der Waals surface area contributed by atoms with Crippen molar-refractivity contribution in [2.45, 2.75) is 20.0 Å². The van der Waals surface area contributed by atoms with Gasteiger partial charge in [-0.25, -0.2) is 9.78 Å². The van der Waals surface area contributed by atoms with Gasteiger partial charge in [0.25, 0.3) is 0 Å². The van der Waals surface area contributed by atoms with Crippen LogP contribution in [-0.4, -0.2) is 16.1 Å². The van der Waals surface area contributed by atoms with Crippen LogP contribution in [0.3, 0.4) is 0 Å². The monoisotopic (exact) mass is 291 g/mol. The molecule has 0 bridgehead atoms. The molecule has 0 aliphatic heterocycles. The molecule has 1 aromatic carbocycles. The first kappa shape index (κ1) is 14.3. The second-order valence-electron chi connectivity index (χ2n) is 4.22. The summed E-state index contributed by atoms with van der Waals surface area (Å²) >= 11 is 6.04. The Labute approximate surface area is 122 Å². The average Bonchev–Trinajstić information content (AvgIpc) is 2.46. The van der Waals surface area contributed by atoms with E-state index in [-0.39, 0.29) is 12.2 Å². The van der Waals surface area contributed by atoms with E-state index in [1.54, 1.807) is 12.1 Å². The molecule has 0 radical (unpaired) electrons. The van der Waals surface area contributed by atoms with E-state index in [0.29, 0.717) is 23.0 Å². The van der Waals surface area contributed by atoms with E-state index in [2.05, 4.69) is 4.98 Å². The maximum absolute atomic E-state index is 11.0. The number of rotatable bonds is 5. The normalized spacial score (nSPS) is 10.3. The molecule has 2 rings (SSSR count). The van der Waals surface area contributed by atoms with E-state index in [4.69, 9.17) is 21.4 Å². The van der Waals surface area contributed by atoms with Crippen LogP contribution in [0.5, 0.6) is 5.88 Å². The highest BCUT2D eigenvalue weighted by atomic mass is 35.5. The van der Waals surface area contributed by atoms with Crippen LogP contribution in [0, 0.1) is 0 Å². The standard InChI is InChI=1S/C15H14ClNO3/c1-2-12-7-11(15(18)19)8-14(17-12)20-9-10-5-3-4-6-13(10)16/h3-8H,2,9H2,1H3,(H,18,19). The average molecular weight is 292 g/mol. The highest BCUT2D eigenvalue weighted by Crippen LogP contribution is 2.19. The Kier molecular flexibility index (Phi) is 4.58. The molecular weight excluding hydrogens is 278 g/mol. The van der Waals surface area contributed by atoms with Crippen molar-refractivity contribution < 1.29 is 14.6 Å². The minimum absolute atomic E-state index is 0.172. The van der Waals surface area contributed by atoms with Gasteiger partial charge in [-0.1, -0.05) is 36.7 Å². The lowest BCUT2D eigenvalue weighted by molar-refractivity contribution is 0.0696. The summed E-state index contributed by atoms with van der Waals surface area (Å²) in [6.45, 7) is 2.16. The fourth-order valence-electron chi connectivity index (χ4n) is 1.71. The molecule has 20 heavy (non-hydrogen) atoms. The van der Waals surface area contributed by atoms with E-state index in [0.717, 1.165) is 5.56 Å². The summed E-state index contributed by atoms with van der Waals surface area (Å²) in [6, 6.07) is 10.3. The molecule has 0 spiro atoms. The molecule has 0 aliphatic rings. The zero-order chi connectivity index (χ0) is 14.5. The molecule has 1 aromatic heterocycles. The SMILES string of the molecule is CCc1cc(C(=O)O)cc(OCc2ccccc2Cl)n1. The predicted molar refractivity (Wildman–Crippen MR) is 76.4 cm³/mol. The van der Waals surface area contributed by atoms with Gasteiger partial charge in [0.2, 0.25) is 5.88 Å². The molecule has 104 valence electrons. The molecule has 0 saturated carbocycles. The van der Waals surface area contributed by atoms with Gasteiger partial charge < -0.3 is 9.84 Å². The number of hydrogen-bond acceptors (Lipinski definition) is 3. The maximum atomic E-state index is 11.0. The minimum Gasteiger partial charge on any atom is -0.478 e. The van der Waals surface area contributed by atoms with Crippen LogP contribution >= 0.6 is 11.6 Å². The summed E-state index contributed by atoms with van der Waals surface area (Å²) in [7, 11) is 0. The van der Waals surface area contributed by atoms with Crippen molar-refractivity contribution in [2.24, 2.45) is 0 Å². The van der Waals surface area contributed by atoms with E-state index >= 15 is 0 Å². The zero-order valence-electron chi connectivity index (χ0n) is 11.0. The Balaban J connectivity index is 2.19. The van der Waals surface area contributed by atoms with Crippen molar-refractivity contribution in [2.75, 3.05) is 0 Å². The van der Waals surface area contributed by atoms with Crippen LogP contribution in [0.2, 0.25) is 5.02 Å². The van der Waals surface area contributed by atoms with Crippen molar-refractivity contribution in [3.8, 4) is 5.88 Å². The van der Waals surface area contributed by atoms with Crippen molar-refractivity contribution in [3.05, 3.63) is 58.2 Å². The van der Waals surface area contributed by atoms with Gasteiger partial charge in [0, 0.05) is 22.3 Å². The minimum atomic E-state index is -0.996. The first-order valence-corrected chi connectivity index (χ1v) is 6.58. The first-order valence-electron chi connectivity index (χ1n) is 6.20. The van der Waals surface area contributed by atoms with Crippen molar-refractivity contribution in [1.29, 1.82) is 0 Å². The number of halogens is 1. The molecule has 2 aromatic rings. The van der Waals surface area contributed by atoms with Crippen LogP contribution in [0.25, 0.3) is 0 Å². The van der Waals surface area contributed by atoms with E-state index in [9.17, 15) is 4.79 Å². The van der Waals surface area contributed by atoms with E-state index < -0.39 is 5.97 Å². The number of hydrogen-bond donors (Lipinski definition) is 1. The number of aryl methyl sites for hydroxylation is 1. The summed E-state index contributed by atoms with van der Waals surface area (Å²) < 4.78 is 5.55. The number of aromatic carboxylic acids is 1. The lowest BCUT2D eigenvalue weighted by Crippen LogP contribution is -2.04. The number of aromatic nitrogens is 1. The summed E-state index contributed by atoms with van der Waals surface area (Å²) in [6.07, 6.45) is 0.642. The summed E-state index contributed by atoms with van der Waals surface area (Å²) in [5.41, 5.74) is 1.68.